The van der Waals surface area contributed by atoms with Gasteiger partial charge in [-0.05, 0) is 35.0 Å². The van der Waals surface area contributed by atoms with Crippen LogP contribution in [0.1, 0.15) is 0 Å². The van der Waals surface area contributed by atoms with Crippen LogP contribution in [0.15, 0.2) is 101 Å². The van der Waals surface area contributed by atoms with Crippen LogP contribution in [0.2, 0.25) is 0 Å². The summed E-state index contributed by atoms with van der Waals surface area (Å²) >= 11 is 0. The van der Waals surface area contributed by atoms with Crippen molar-refractivity contribution in [3.8, 4) is 39.9 Å². The molecule has 61 heavy (non-hydrogen) atoms. The molecule has 20 radical (unpaired) electrons. The second kappa shape index (κ2) is 13.6. The molecule has 0 atom stereocenters. The number of aromatic nitrogens is 5. The molecule has 4 aromatic heterocycles. The van der Waals surface area contributed by atoms with Gasteiger partial charge in [-0.25, -0.2) is 15.0 Å². The summed E-state index contributed by atoms with van der Waals surface area (Å²) in [5.74, 6) is 1.56. The maximum atomic E-state index is 7.12. The number of nitrogens with one attached hydrogen (secondary N) is 1. The standard InChI is InChI=1S/C45H17B10N5O/c46-29-26-25-30(47)37(54)42-28(39(25)56-40(26)36(53)34(51)32(29)49)27-31(48)33(50)35(52)38(55)41(27)60(42)21-12-7-13-22-24(21)20-15-14-19(16-23(20)61-22)45-58-43(17-8-3-1-4-9-17)57-44(59-45)18-10-5-2-6-11-18/h1-16,56H. The minimum atomic E-state index is 0.110. The fraction of sp³-hybridized carbons (Fsp3) is 0. The Balaban J connectivity index is 1.21. The molecule has 1 N–H and O–H groups in total. The van der Waals surface area contributed by atoms with E-state index in [2.05, 4.69) is 4.98 Å². The lowest BCUT2D eigenvalue weighted by Gasteiger charge is -2.17. The molecule has 258 valence electrons. The maximum Gasteiger partial charge on any atom is 0.164 e. The van der Waals surface area contributed by atoms with E-state index < -0.39 is 0 Å². The van der Waals surface area contributed by atoms with Crippen molar-refractivity contribution in [2.24, 2.45) is 0 Å². The van der Waals surface area contributed by atoms with E-state index in [0.29, 0.717) is 77.9 Å². The fourth-order valence-electron chi connectivity index (χ4n) is 8.70. The number of hydrogen-bond donors (Lipinski definition) is 1. The SMILES string of the molecule is [B]c1c([B])c([B])c2c([nH]c3c2c([B])c([B])c2c3c3c([B])c([B])c([B])c([B])c3n2-c2cccc3oc4cc(-c5nc(-c6ccccc6)nc(-c6ccccc6)n5)ccc4c23)c1[B]. The molecule has 0 fully saturated rings. The summed E-state index contributed by atoms with van der Waals surface area (Å²) in [6, 6.07) is 31.1. The molecule has 16 heteroatoms. The van der Waals surface area contributed by atoms with Crippen LogP contribution in [0.25, 0.3) is 105 Å². The number of hydrogen-bond acceptors (Lipinski definition) is 4. The van der Waals surface area contributed by atoms with Crippen LogP contribution < -0.4 is 54.6 Å². The molecule has 0 aliphatic heterocycles. The molecule has 0 aliphatic rings. The average molecular weight is 752 g/mol. The first kappa shape index (κ1) is 37.6. The van der Waals surface area contributed by atoms with Crippen LogP contribution in [-0.2, 0) is 0 Å². The zero-order chi connectivity index (χ0) is 42.2. The molecule has 0 aliphatic carbocycles. The Bertz CT molecular complexity index is 3660. The first-order valence-electron chi connectivity index (χ1n) is 19.1. The quantitative estimate of drug-likeness (QED) is 0.245. The molecule has 7 aromatic carbocycles. The highest BCUT2D eigenvalue weighted by Crippen LogP contribution is 2.40. The second-order valence-corrected chi connectivity index (χ2v) is 15.0. The van der Waals surface area contributed by atoms with E-state index >= 15 is 0 Å². The van der Waals surface area contributed by atoms with Crippen LogP contribution in [0.5, 0.6) is 0 Å². The van der Waals surface area contributed by atoms with Gasteiger partial charge >= 0.3 is 0 Å². The van der Waals surface area contributed by atoms with Gasteiger partial charge in [0.25, 0.3) is 0 Å². The third-order valence-electron chi connectivity index (χ3n) is 11.7. The van der Waals surface area contributed by atoms with Gasteiger partial charge in [0.15, 0.2) is 17.5 Å². The number of nitrogens with zero attached hydrogens (tertiary/aromatic N) is 4. The van der Waals surface area contributed by atoms with Crippen molar-refractivity contribution in [3.63, 3.8) is 0 Å². The van der Waals surface area contributed by atoms with E-state index in [4.69, 9.17) is 97.8 Å². The van der Waals surface area contributed by atoms with E-state index in [-0.39, 0.29) is 54.6 Å². The van der Waals surface area contributed by atoms with Crippen LogP contribution in [0.4, 0.5) is 0 Å². The zero-order valence-corrected chi connectivity index (χ0v) is 32.2. The third kappa shape index (κ3) is 5.27. The predicted molar refractivity (Wildman–Crippen MR) is 261 cm³/mol. The molecule has 4 heterocycles. The normalized spacial score (nSPS) is 11.9. The van der Waals surface area contributed by atoms with Gasteiger partial charge in [0.1, 0.15) is 89.6 Å². The maximum absolute atomic E-state index is 7.12. The minimum Gasteiger partial charge on any atom is -0.456 e. The van der Waals surface area contributed by atoms with Crippen molar-refractivity contribution in [2.45, 2.75) is 0 Å². The van der Waals surface area contributed by atoms with E-state index in [0.717, 1.165) is 27.5 Å². The number of fused-ring (bicyclic) bond motifs is 10. The fourth-order valence-corrected chi connectivity index (χ4v) is 8.70. The Labute approximate surface area is 362 Å². The summed E-state index contributed by atoms with van der Waals surface area (Å²) in [6.45, 7) is 0. The molecule has 11 aromatic rings. The first-order chi connectivity index (χ1) is 29.4. The highest BCUT2D eigenvalue weighted by molar-refractivity contribution is 6.71. The molecule has 6 nitrogen and oxygen atoms in total. The number of rotatable bonds is 4. The lowest BCUT2D eigenvalue weighted by atomic mass is 9.64. The predicted octanol–water partition coefficient (Wildman–Crippen LogP) is -0.558. The molecular weight excluding hydrogens is 735 g/mol. The number of benzene rings is 7. The second-order valence-electron chi connectivity index (χ2n) is 15.0. The molecule has 0 unspecified atom stereocenters. The Hall–Kier alpha value is -6.40. The smallest absolute Gasteiger partial charge is 0.164 e. The Morgan fingerprint density at radius 2 is 0.902 bits per heavy atom. The summed E-state index contributed by atoms with van der Waals surface area (Å²) in [7, 11) is 66.8. The monoisotopic (exact) mass is 753 g/mol. The minimum absolute atomic E-state index is 0.110. The zero-order valence-electron chi connectivity index (χ0n) is 32.2. The van der Waals surface area contributed by atoms with Crippen molar-refractivity contribution >= 4 is 199 Å². The number of furan rings is 1. The Morgan fingerprint density at radius 3 is 1.54 bits per heavy atom. The number of aromatic amines is 1. The van der Waals surface area contributed by atoms with Crippen molar-refractivity contribution < 1.29 is 4.42 Å². The van der Waals surface area contributed by atoms with Crippen LogP contribution in [-0.4, -0.2) is 103 Å². The largest absolute Gasteiger partial charge is 0.456 e. The Morgan fingerprint density at radius 1 is 0.393 bits per heavy atom. The highest BCUT2D eigenvalue weighted by atomic mass is 16.3. The summed E-state index contributed by atoms with van der Waals surface area (Å²) in [4.78, 5) is 18.1. The summed E-state index contributed by atoms with van der Waals surface area (Å²) in [6.07, 6.45) is 0. The van der Waals surface area contributed by atoms with Crippen molar-refractivity contribution in [1.82, 2.24) is 24.5 Å². The van der Waals surface area contributed by atoms with Crippen LogP contribution in [0, 0.1) is 0 Å². The molecular formula is C45H17B10N5O. The molecule has 0 saturated carbocycles. The third-order valence-corrected chi connectivity index (χ3v) is 11.7. The van der Waals surface area contributed by atoms with Crippen LogP contribution >= 0.6 is 0 Å². The molecule has 11 rings (SSSR count). The molecule has 0 spiro atoms. The van der Waals surface area contributed by atoms with E-state index in [1.165, 1.54) is 0 Å². The van der Waals surface area contributed by atoms with Gasteiger partial charge in [-0.15, -0.1) is 21.9 Å². The Kier molecular flexibility index (Phi) is 8.35. The topological polar surface area (TPSA) is 72.5 Å². The van der Waals surface area contributed by atoms with Crippen molar-refractivity contribution in [2.75, 3.05) is 0 Å². The first-order valence-corrected chi connectivity index (χ1v) is 19.1. The van der Waals surface area contributed by atoms with Gasteiger partial charge < -0.3 is 14.0 Å². The van der Waals surface area contributed by atoms with Gasteiger partial charge in [-0.2, -0.15) is 0 Å². The summed E-state index contributed by atoms with van der Waals surface area (Å²) < 4.78 is 8.51. The summed E-state index contributed by atoms with van der Waals surface area (Å²) in [5.41, 5.74) is 7.73. The van der Waals surface area contributed by atoms with Gasteiger partial charge in [-0.1, -0.05) is 106 Å². The number of H-pyrrole nitrogens is 1. The van der Waals surface area contributed by atoms with Crippen molar-refractivity contribution in [3.05, 3.63) is 97.1 Å². The van der Waals surface area contributed by atoms with E-state index in [9.17, 15) is 0 Å². The highest BCUT2D eigenvalue weighted by Gasteiger charge is 2.27. The lowest BCUT2D eigenvalue weighted by molar-refractivity contribution is 0.669. The lowest BCUT2D eigenvalue weighted by Crippen LogP contribution is -2.48. The average Bonchev–Trinajstić information content (AvgIpc) is 3.99. The van der Waals surface area contributed by atoms with Crippen LogP contribution in [0.3, 0.4) is 0 Å². The van der Waals surface area contributed by atoms with Gasteiger partial charge in [0, 0.05) is 49.4 Å². The van der Waals surface area contributed by atoms with E-state index in [1.807, 2.05) is 102 Å². The molecule has 0 amide bonds. The van der Waals surface area contributed by atoms with Crippen molar-refractivity contribution in [1.29, 1.82) is 0 Å². The van der Waals surface area contributed by atoms with Gasteiger partial charge in [-0.3, -0.25) is 0 Å². The molecule has 0 bridgehead atoms. The van der Waals surface area contributed by atoms with Gasteiger partial charge in [0.05, 0.1) is 16.6 Å². The summed E-state index contributed by atoms with van der Waals surface area (Å²) in [5, 5.41) is 3.49. The van der Waals surface area contributed by atoms with Gasteiger partial charge in [0.2, 0.25) is 0 Å². The molecule has 0 saturated heterocycles. The van der Waals surface area contributed by atoms with E-state index in [1.54, 1.807) is 0 Å².